The first-order valence-corrected chi connectivity index (χ1v) is 11.8. The molecule has 1 saturated heterocycles. The molecule has 0 atom stereocenters. The maximum Gasteiger partial charge on any atom is 0.254 e. The Labute approximate surface area is 174 Å². The zero-order chi connectivity index (χ0) is 20.9. The molecular formula is C18H24N4O5S2. The highest BCUT2D eigenvalue weighted by atomic mass is 32.2. The number of nitrogens with zero attached hydrogens (tertiary/aromatic N) is 3. The van der Waals surface area contributed by atoms with Gasteiger partial charge in [0.25, 0.3) is 5.91 Å². The van der Waals surface area contributed by atoms with Crippen LogP contribution in [0, 0.1) is 13.8 Å². The van der Waals surface area contributed by atoms with Gasteiger partial charge in [-0.05, 0) is 26.0 Å². The number of thioether (sulfide) groups is 1. The van der Waals surface area contributed by atoms with E-state index in [1.807, 2.05) is 13.8 Å². The molecule has 3 rings (SSSR count). The van der Waals surface area contributed by atoms with Crippen molar-refractivity contribution in [3.8, 4) is 0 Å². The summed E-state index contributed by atoms with van der Waals surface area (Å²) < 4.78 is 36.5. The van der Waals surface area contributed by atoms with Crippen LogP contribution in [0.1, 0.15) is 27.4 Å². The Morgan fingerprint density at radius 1 is 1.31 bits per heavy atom. The number of morpholine rings is 1. The van der Waals surface area contributed by atoms with Gasteiger partial charge in [-0.2, -0.15) is 4.31 Å². The summed E-state index contributed by atoms with van der Waals surface area (Å²) in [5.74, 6) is 0.812. The molecule has 3 heterocycles. The fourth-order valence-electron chi connectivity index (χ4n) is 2.87. The monoisotopic (exact) mass is 440 g/mol. The van der Waals surface area contributed by atoms with Gasteiger partial charge in [-0.1, -0.05) is 5.16 Å². The van der Waals surface area contributed by atoms with E-state index in [4.69, 9.17) is 9.26 Å². The molecule has 29 heavy (non-hydrogen) atoms. The standard InChI is InChI=1S/C18H24N4O5S2/c1-13-16(14(2)27-21-13)12-28-18-15(4-3-5-20-18)17(23)19-6-11-29(24,25)22-7-9-26-10-8-22/h3-5H,6-12H2,1-2H3,(H,19,23). The number of sulfonamides is 1. The van der Waals surface area contributed by atoms with Gasteiger partial charge in [-0.25, -0.2) is 13.4 Å². The number of carbonyl (C=O) groups excluding carboxylic acids is 1. The number of ether oxygens (including phenoxy) is 1. The molecule has 1 N–H and O–H groups in total. The summed E-state index contributed by atoms with van der Waals surface area (Å²) in [5.41, 5.74) is 2.20. The molecule has 1 aliphatic rings. The molecule has 0 aromatic carbocycles. The molecule has 0 spiro atoms. The Hall–Kier alpha value is -1.95. The number of amides is 1. The third-order valence-electron chi connectivity index (χ3n) is 4.56. The number of hydrogen-bond acceptors (Lipinski definition) is 8. The topological polar surface area (TPSA) is 115 Å². The molecule has 0 bridgehead atoms. The Morgan fingerprint density at radius 2 is 2.07 bits per heavy atom. The lowest BCUT2D eigenvalue weighted by Crippen LogP contribution is -2.43. The summed E-state index contributed by atoms with van der Waals surface area (Å²) in [7, 11) is -3.42. The van der Waals surface area contributed by atoms with Gasteiger partial charge in [0, 0.05) is 37.1 Å². The maximum absolute atomic E-state index is 12.6. The van der Waals surface area contributed by atoms with Gasteiger partial charge in [0.05, 0.1) is 30.2 Å². The van der Waals surface area contributed by atoms with Crippen LogP contribution in [0.15, 0.2) is 27.9 Å². The van der Waals surface area contributed by atoms with Gasteiger partial charge in [0.15, 0.2) is 0 Å². The Kier molecular flexibility index (Phi) is 7.28. The highest BCUT2D eigenvalue weighted by Gasteiger charge is 2.24. The van der Waals surface area contributed by atoms with Crippen LogP contribution in [-0.2, 0) is 20.5 Å². The van der Waals surface area contributed by atoms with E-state index in [9.17, 15) is 13.2 Å². The van der Waals surface area contributed by atoms with Crippen molar-refractivity contribution in [1.82, 2.24) is 19.8 Å². The summed E-state index contributed by atoms with van der Waals surface area (Å²) >= 11 is 1.41. The van der Waals surface area contributed by atoms with Gasteiger partial charge in [0.1, 0.15) is 10.8 Å². The molecule has 0 saturated carbocycles. The molecule has 1 aliphatic heterocycles. The lowest BCUT2D eigenvalue weighted by atomic mass is 10.2. The van der Waals surface area contributed by atoms with Crippen LogP contribution < -0.4 is 5.32 Å². The van der Waals surface area contributed by atoms with Crippen molar-refractivity contribution in [2.24, 2.45) is 0 Å². The second kappa shape index (κ2) is 9.70. The zero-order valence-electron chi connectivity index (χ0n) is 16.4. The van der Waals surface area contributed by atoms with Crippen molar-refractivity contribution in [3.63, 3.8) is 0 Å². The molecular weight excluding hydrogens is 416 g/mol. The molecule has 2 aromatic rings. The average molecular weight is 441 g/mol. The van der Waals surface area contributed by atoms with Crippen molar-refractivity contribution in [2.75, 3.05) is 38.6 Å². The third-order valence-corrected chi connectivity index (χ3v) is 7.46. The molecule has 1 amide bonds. The second-order valence-corrected chi connectivity index (χ2v) is 9.58. The van der Waals surface area contributed by atoms with E-state index in [0.717, 1.165) is 17.0 Å². The number of hydrogen-bond donors (Lipinski definition) is 1. The summed E-state index contributed by atoms with van der Waals surface area (Å²) in [5, 5.41) is 7.19. The number of rotatable bonds is 8. The number of pyridine rings is 1. The highest BCUT2D eigenvalue weighted by Crippen LogP contribution is 2.27. The average Bonchev–Trinajstić information content (AvgIpc) is 3.04. The minimum absolute atomic E-state index is 0.0292. The number of carbonyl (C=O) groups is 1. The van der Waals surface area contributed by atoms with Crippen molar-refractivity contribution >= 4 is 27.7 Å². The number of aryl methyl sites for hydroxylation is 2. The van der Waals surface area contributed by atoms with Gasteiger partial charge in [0.2, 0.25) is 10.0 Å². The molecule has 1 fully saturated rings. The highest BCUT2D eigenvalue weighted by molar-refractivity contribution is 7.98. The van der Waals surface area contributed by atoms with Crippen molar-refractivity contribution in [3.05, 3.63) is 40.9 Å². The van der Waals surface area contributed by atoms with Gasteiger partial charge in [-0.15, -0.1) is 11.8 Å². The fraction of sp³-hybridized carbons (Fsp3) is 0.500. The van der Waals surface area contributed by atoms with Crippen molar-refractivity contribution in [2.45, 2.75) is 24.6 Å². The van der Waals surface area contributed by atoms with Crippen molar-refractivity contribution < 1.29 is 22.5 Å². The number of nitrogens with one attached hydrogen (secondary N) is 1. The lowest BCUT2D eigenvalue weighted by molar-refractivity contribution is 0.0730. The first kappa shape index (κ1) is 21.8. The van der Waals surface area contributed by atoms with E-state index < -0.39 is 10.0 Å². The van der Waals surface area contributed by atoms with Gasteiger partial charge >= 0.3 is 0 Å². The molecule has 158 valence electrons. The molecule has 11 heteroatoms. The van der Waals surface area contributed by atoms with Crippen LogP contribution in [0.25, 0.3) is 0 Å². The minimum Gasteiger partial charge on any atom is -0.379 e. The van der Waals surface area contributed by atoms with Crippen LogP contribution >= 0.6 is 11.8 Å². The summed E-state index contributed by atoms with van der Waals surface area (Å²) in [6, 6.07) is 3.35. The van der Waals surface area contributed by atoms with Crippen molar-refractivity contribution in [1.29, 1.82) is 0 Å². The molecule has 0 unspecified atom stereocenters. The van der Waals surface area contributed by atoms with E-state index in [2.05, 4.69) is 15.5 Å². The van der Waals surface area contributed by atoms with Crippen LogP contribution in [-0.4, -0.2) is 67.4 Å². The Balaban J connectivity index is 1.58. The third kappa shape index (κ3) is 5.56. The predicted octanol–water partition coefficient (Wildman–Crippen LogP) is 1.37. The first-order valence-electron chi connectivity index (χ1n) is 9.22. The predicted molar refractivity (Wildman–Crippen MR) is 108 cm³/mol. The normalized spacial score (nSPS) is 15.4. The summed E-state index contributed by atoms with van der Waals surface area (Å²) in [6.45, 7) is 5.23. The molecule has 0 radical (unpaired) electrons. The van der Waals surface area contributed by atoms with Crippen LogP contribution in [0.2, 0.25) is 0 Å². The Morgan fingerprint density at radius 3 is 2.76 bits per heavy atom. The van der Waals surface area contributed by atoms with E-state index in [-0.39, 0.29) is 18.2 Å². The summed E-state index contributed by atoms with van der Waals surface area (Å²) in [6.07, 6.45) is 1.62. The quantitative estimate of drug-likeness (QED) is 0.612. The van der Waals surface area contributed by atoms with Gasteiger partial charge < -0.3 is 14.6 Å². The smallest absolute Gasteiger partial charge is 0.254 e. The van der Waals surface area contributed by atoms with E-state index in [1.54, 1.807) is 18.3 Å². The zero-order valence-corrected chi connectivity index (χ0v) is 18.0. The second-order valence-electron chi connectivity index (χ2n) is 6.53. The maximum atomic E-state index is 12.6. The SMILES string of the molecule is Cc1noc(C)c1CSc1ncccc1C(=O)NCCS(=O)(=O)N1CCOCC1. The number of aromatic nitrogens is 2. The molecule has 0 aliphatic carbocycles. The largest absolute Gasteiger partial charge is 0.379 e. The molecule has 2 aromatic heterocycles. The first-order chi connectivity index (χ1) is 13.9. The summed E-state index contributed by atoms with van der Waals surface area (Å²) in [4.78, 5) is 16.9. The molecule has 9 nitrogen and oxygen atoms in total. The lowest BCUT2D eigenvalue weighted by Gasteiger charge is -2.26. The minimum atomic E-state index is -3.42. The Bertz CT molecular complexity index is 935. The fourth-order valence-corrected chi connectivity index (χ4v) is 5.34. The van der Waals surface area contributed by atoms with E-state index in [0.29, 0.717) is 42.6 Å². The van der Waals surface area contributed by atoms with E-state index in [1.165, 1.54) is 16.1 Å². The van der Waals surface area contributed by atoms with Crippen LogP contribution in [0.3, 0.4) is 0 Å². The van der Waals surface area contributed by atoms with Gasteiger partial charge in [-0.3, -0.25) is 4.79 Å². The van der Waals surface area contributed by atoms with Crippen LogP contribution in [0.4, 0.5) is 0 Å². The van der Waals surface area contributed by atoms with E-state index >= 15 is 0 Å². The van der Waals surface area contributed by atoms with Crippen LogP contribution in [0.5, 0.6) is 0 Å².